The van der Waals surface area contributed by atoms with Crippen molar-refractivity contribution < 1.29 is 9.84 Å². The zero-order valence-corrected chi connectivity index (χ0v) is 13.3. The molecule has 1 aromatic carbocycles. The summed E-state index contributed by atoms with van der Waals surface area (Å²) in [5.74, 6) is 1.60. The fraction of sp³-hybridized carbons (Fsp3) is 0.647. The first kappa shape index (κ1) is 16.8. The van der Waals surface area contributed by atoms with Crippen LogP contribution >= 0.6 is 0 Å². The molecule has 114 valence electrons. The number of aromatic hydroxyl groups is 1. The lowest BCUT2D eigenvalue weighted by atomic mass is 10.0. The summed E-state index contributed by atoms with van der Waals surface area (Å²) in [4.78, 5) is 0. The third kappa shape index (κ3) is 5.83. The molecular formula is C17H29NO2. The summed E-state index contributed by atoms with van der Waals surface area (Å²) in [6.07, 6.45) is 3.69. The number of phenols is 1. The summed E-state index contributed by atoms with van der Waals surface area (Å²) in [5, 5.41) is 13.6. The van der Waals surface area contributed by atoms with Crippen LogP contribution in [0.4, 0.5) is 0 Å². The Hall–Kier alpha value is -1.22. The van der Waals surface area contributed by atoms with Gasteiger partial charge in [-0.05, 0) is 32.3 Å². The molecule has 0 radical (unpaired) electrons. The predicted octanol–water partition coefficient (Wildman–Crippen LogP) is 4.10. The Morgan fingerprint density at radius 1 is 1.20 bits per heavy atom. The standard InChI is InChI=1S/C17H29NO2/c1-5-20-16-11-7-10-15(17(16)19)12-18-14(4)9-6-8-13(2)3/h7,10-11,13-14,18-19H,5-6,8-9,12H2,1-4H3. The molecule has 0 aliphatic rings. The molecule has 20 heavy (non-hydrogen) atoms. The van der Waals surface area contributed by atoms with Crippen molar-refractivity contribution in [2.75, 3.05) is 6.61 Å². The average molecular weight is 279 g/mol. The van der Waals surface area contributed by atoms with Crippen LogP contribution in [-0.2, 0) is 6.54 Å². The van der Waals surface area contributed by atoms with Crippen molar-refractivity contribution in [3.05, 3.63) is 23.8 Å². The van der Waals surface area contributed by atoms with Gasteiger partial charge in [-0.1, -0.05) is 38.8 Å². The van der Waals surface area contributed by atoms with E-state index in [0.717, 1.165) is 11.5 Å². The number of hydrogen-bond donors (Lipinski definition) is 2. The molecule has 1 atom stereocenters. The van der Waals surface area contributed by atoms with E-state index < -0.39 is 0 Å². The van der Waals surface area contributed by atoms with Gasteiger partial charge in [0.1, 0.15) is 0 Å². The SMILES string of the molecule is CCOc1cccc(CNC(C)CCCC(C)C)c1O. The average Bonchev–Trinajstić information content (AvgIpc) is 2.39. The van der Waals surface area contributed by atoms with Gasteiger partial charge in [-0.25, -0.2) is 0 Å². The van der Waals surface area contributed by atoms with Crippen molar-refractivity contribution in [3.8, 4) is 11.5 Å². The fourth-order valence-electron chi connectivity index (χ4n) is 2.20. The van der Waals surface area contributed by atoms with Gasteiger partial charge in [0.15, 0.2) is 11.5 Å². The van der Waals surface area contributed by atoms with Crippen LogP contribution in [-0.4, -0.2) is 17.8 Å². The Morgan fingerprint density at radius 2 is 1.95 bits per heavy atom. The molecule has 0 spiro atoms. The summed E-state index contributed by atoms with van der Waals surface area (Å²) in [5.41, 5.74) is 0.895. The van der Waals surface area contributed by atoms with E-state index in [4.69, 9.17) is 4.74 Å². The lowest BCUT2D eigenvalue weighted by Crippen LogP contribution is -2.25. The van der Waals surface area contributed by atoms with Gasteiger partial charge in [0, 0.05) is 18.2 Å². The Bertz CT molecular complexity index is 391. The molecule has 3 nitrogen and oxygen atoms in total. The quantitative estimate of drug-likeness (QED) is 0.715. The highest BCUT2D eigenvalue weighted by atomic mass is 16.5. The van der Waals surface area contributed by atoms with E-state index >= 15 is 0 Å². The zero-order valence-electron chi connectivity index (χ0n) is 13.3. The van der Waals surface area contributed by atoms with E-state index in [-0.39, 0.29) is 5.75 Å². The molecule has 1 aromatic rings. The van der Waals surface area contributed by atoms with Crippen LogP contribution in [0.2, 0.25) is 0 Å². The fourth-order valence-corrected chi connectivity index (χ4v) is 2.20. The van der Waals surface area contributed by atoms with Crippen LogP contribution < -0.4 is 10.1 Å². The second-order valence-electron chi connectivity index (χ2n) is 5.80. The molecule has 0 saturated heterocycles. The maximum atomic E-state index is 10.1. The molecular weight excluding hydrogens is 250 g/mol. The van der Waals surface area contributed by atoms with E-state index in [1.165, 1.54) is 19.3 Å². The normalized spacial score (nSPS) is 12.7. The van der Waals surface area contributed by atoms with Crippen molar-refractivity contribution in [2.24, 2.45) is 5.92 Å². The van der Waals surface area contributed by atoms with Crippen LogP contribution in [0.15, 0.2) is 18.2 Å². The monoisotopic (exact) mass is 279 g/mol. The molecule has 0 heterocycles. The highest BCUT2D eigenvalue weighted by molar-refractivity contribution is 5.45. The topological polar surface area (TPSA) is 41.5 Å². The molecule has 0 aromatic heterocycles. The van der Waals surface area contributed by atoms with Gasteiger partial charge < -0.3 is 15.2 Å². The molecule has 2 N–H and O–H groups in total. The summed E-state index contributed by atoms with van der Waals surface area (Å²) in [7, 11) is 0. The second-order valence-corrected chi connectivity index (χ2v) is 5.80. The minimum absolute atomic E-state index is 0.260. The summed E-state index contributed by atoms with van der Waals surface area (Å²) in [6, 6.07) is 6.12. The summed E-state index contributed by atoms with van der Waals surface area (Å²) >= 11 is 0. The number of hydrogen-bond acceptors (Lipinski definition) is 3. The maximum Gasteiger partial charge on any atom is 0.162 e. The van der Waals surface area contributed by atoms with Crippen molar-refractivity contribution in [1.29, 1.82) is 0 Å². The third-order valence-electron chi connectivity index (χ3n) is 3.44. The molecule has 1 unspecified atom stereocenters. The van der Waals surface area contributed by atoms with Crippen LogP contribution in [0.1, 0.15) is 52.5 Å². The highest BCUT2D eigenvalue weighted by Crippen LogP contribution is 2.29. The van der Waals surface area contributed by atoms with E-state index in [1.54, 1.807) is 6.07 Å². The Kier molecular flexibility index (Phi) is 7.45. The highest BCUT2D eigenvalue weighted by Gasteiger charge is 2.09. The Morgan fingerprint density at radius 3 is 2.60 bits per heavy atom. The van der Waals surface area contributed by atoms with Crippen molar-refractivity contribution >= 4 is 0 Å². The summed E-state index contributed by atoms with van der Waals surface area (Å²) in [6.45, 7) is 9.88. The third-order valence-corrected chi connectivity index (χ3v) is 3.44. The zero-order chi connectivity index (χ0) is 15.0. The Labute approximate surface area is 123 Å². The van der Waals surface area contributed by atoms with E-state index in [1.807, 2.05) is 19.1 Å². The first-order valence-electron chi connectivity index (χ1n) is 7.71. The molecule has 0 aliphatic carbocycles. The van der Waals surface area contributed by atoms with Crippen LogP contribution in [0.3, 0.4) is 0 Å². The second kappa shape index (κ2) is 8.85. The maximum absolute atomic E-state index is 10.1. The molecule has 0 aliphatic heterocycles. The largest absolute Gasteiger partial charge is 0.504 e. The van der Waals surface area contributed by atoms with Crippen LogP contribution in [0.5, 0.6) is 11.5 Å². The van der Waals surface area contributed by atoms with Crippen molar-refractivity contribution in [1.82, 2.24) is 5.32 Å². The smallest absolute Gasteiger partial charge is 0.162 e. The number of nitrogens with one attached hydrogen (secondary N) is 1. The van der Waals surface area contributed by atoms with Gasteiger partial charge >= 0.3 is 0 Å². The molecule has 0 bridgehead atoms. The number of rotatable bonds is 9. The lowest BCUT2D eigenvalue weighted by molar-refractivity contribution is 0.316. The lowest BCUT2D eigenvalue weighted by Gasteiger charge is -2.16. The summed E-state index contributed by atoms with van der Waals surface area (Å²) < 4.78 is 5.40. The van der Waals surface area contributed by atoms with E-state index in [2.05, 4.69) is 26.1 Å². The van der Waals surface area contributed by atoms with E-state index in [0.29, 0.717) is 24.9 Å². The number of para-hydroxylation sites is 1. The van der Waals surface area contributed by atoms with Gasteiger partial charge in [-0.3, -0.25) is 0 Å². The van der Waals surface area contributed by atoms with Crippen molar-refractivity contribution in [3.63, 3.8) is 0 Å². The van der Waals surface area contributed by atoms with Gasteiger partial charge in [-0.15, -0.1) is 0 Å². The molecule has 0 fully saturated rings. The minimum Gasteiger partial charge on any atom is -0.504 e. The minimum atomic E-state index is 0.260. The van der Waals surface area contributed by atoms with Gasteiger partial charge in [0.25, 0.3) is 0 Å². The number of benzene rings is 1. The molecule has 1 rings (SSSR count). The van der Waals surface area contributed by atoms with E-state index in [9.17, 15) is 5.11 Å². The molecule has 0 amide bonds. The van der Waals surface area contributed by atoms with Gasteiger partial charge in [0.05, 0.1) is 6.61 Å². The molecule has 0 saturated carbocycles. The number of phenolic OH excluding ortho intramolecular Hbond substituents is 1. The van der Waals surface area contributed by atoms with Gasteiger partial charge in [0.2, 0.25) is 0 Å². The van der Waals surface area contributed by atoms with Crippen molar-refractivity contribution in [2.45, 2.75) is 59.5 Å². The van der Waals surface area contributed by atoms with Crippen LogP contribution in [0, 0.1) is 5.92 Å². The Balaban J connectivity index is 2.43. The van der Waals surface area contributed by atoms with Crippen LogP contribution in [0.25, 0.3) is 0 Å². The first-order chi connectivity index (χ1) is 9.54. The number of ether oxygens (including phenoxy) is 1. The molecule has 3 heteroatoms. The first-order valence-corrected chi connectivity index (χ1v) is 7.71. The van der Waals surface area contributed by atoms with Gasteiger partial charge in [-0.2, -0.15) is 0 Å². The predicted molar refractivity (Wildman–Crippen MR) is 84.3 cm³/mol.